The Labute approximate surface area is 386 Å². The highest BCUT2D eigenvalue weighted by Gasteiger charge is 2.29. The summed E-state index contributed by atoms with van der Waals surface area (Å²) < 4.78 is 60.4. The third kappa shape index (κ3) is 11.4. The van der Waals surface area contributed by atoms with Crippen molar-refractivity contribution in [3.8, 4) is 22.9 Å². The molecule has 346 valence electrons. The first-order valence-electron chi connectivity index (χ1n) is 21.5. The van der Waals surface area contributed by atoms with Crippen LogP contribution >= 0.6 is 0 Å². The van der Waals surface area contributed by atoms with Crippen molar-refractivity contribution < 1.29 is 27.4 Å². The molecule has 0 saturated heterocycles. The molecule has 0 aliphatic carbocycles. The van der Waals surface area contributed by atoms with Crippen LogP contribution in [0.25, 0.3) is 11.1 Å². The zero-order chi connectivity index (χ0) is 47.7. The van der Waals surface area contributed by atoms with Crippen LogP contribution in [-0.4, -0.2) is 48.6 Å². The molecule has 3 atom stereocenters. The maximum absolute atomic E-state index is 14.7. The van der Waals surface area contributed by atoms with Crippen LogP contribution in [0.15, 0.2) is 144 Å². The van der Waals surface area contributed by atoms with Gasteiger partial charge in [-0.15, -0.1) is 10.2 Å². The number of benzene rings is 4. The summed E-state index contributed by atoms with van der Waals surface area (Å²) in [6.07, 6.45) is 2.06. The molecule has 3 unspecified atom stereocenters. The van der Waals surface area contributed by atoms with Gasteiger partial charge in [0.15, 0.2) is 0 Å². The third-order valence-electron chi connectivity index (χ3n) is 11.1. The molecular formula is C48H54N8O8S2. The van der Waals surface area contributed by atoms with Gasteiger partial charge in [0.2, 0.25) is 21.8 Å². The lowest BCUT2D eigenvalue weighted by Crippen LogP contribution is -2.35. The van der Waals surface area contributed by atoms with Crippen LogP contribution < -0.4 is 20.1 Å². The van der Waals surface area contributed by atoms with Crippen LogP contribution in [0.2, 0.25) is 0 Å². The number of rotatable bonds is 19. The number of nitrogens with zero attached hydrogens (tertiary/aromatic N) is 7. The van der Waals surface area contributed by atoms with E-state index in [2.05, 4.69) is 25.2 Å². The van der Waals surface area contributed by atoms with Crippen molar-refractivity contribution in [2.45, 2.75) is 97.3 Å². The molecule has 2 heterocycles. The lowest BCUT2D eigenvalue weighted by atomic mass is 10.0. The fourth-order valence-corrected chi connectivity index (χ4v) is 9.84. The van der Waals surface area contributed by atoms with Gasteiger partial charge in [-0.3, -0.25) is 27.6 Å². The molecule has 0 fully saturated rings. The van der Waals surface area contributed by atoms with Crippen LogP contribution in [0.3, 0.4) is 0 Å². The summed E-state index contributed by atoms with van der Waals surface area (Å²) in [6.45, 7) is 10.5. The second-order valence-corrected chi connectivity index (χ2v) is 18.5. The van der Waals surface area contributed by atoms with E-state index in [0.29, 0.717) is 36.8 Å². The van der Waals surface area contributed by atoms with E-state index in [1.54, 1.807) is 53.7 Å². The predicted molar refractivity (Wildman–Crippen MR) is 258 cm³/mol. The van der Waals surface area contributed by atoms with Crippen molar-refractivity contribution >= 4 is 49.7 Å². The summed E-state index contributed by atoms with van der Waals surface area (Å²) >= 11 is -2.65. The quantitative estimate of drug-likeness (QED) is 0.0451. The summed E-state index contributed by atoms with van der Waals surface area (Å²) in [5, 5.41) is 39.1. The minimum absolute atomic E-state index is 0.0344. The average molecular weight is 935 g/mol. The fraction of sp³-hybridized carbons (Fsp3) is 0.292. The van der Waals surface area contributed by atoms with Gasteiger partial charge in [0, 0.05) is 48.4 Å². The number of sulfonamides is 1. The number of nitrogens with one attached hydrogen (secondary N) is 1. The van der Waals surface area contributed by atoms with Crippen molar-refractivity contribution in [1.82, 2.24) is 13.9 Å². The Morgan fingerprint density at radius 2 is 1.14 bits per heavy atom. The van der Waals surface area contributed by atoms with Crippen LogP contribution in [0.1, 0.15) is 62.8 Å². The Hall–Kier alpha value is -6.60. The SMILES string of the molecule is CCn1c(O)c(N=Nc2ccc(-c3ccc(N=Nc4c(C)cc(=O)n(CC)c4O)cc3S(=O)(=O)NC(C)CCc3ccccc3)c(N(C(C)CCc3ccccc3)S(=O)O)c2)c(C)cc1=O. The summed E-state index contributed by atoms with van der Waals surface area (Å²) in [5.74, 6) is -0.756. The van der Waals surface area contributed by atoms with Crippen molar-refractivity contribution in [1.29, 1.82) is 0 Å². The molecule has 0 amide bonds. The Balaban J connectivity index is 1.52. The maximum atomic E-state index is 14.7. The first-order chi connectivity index (χ1) is 31.5. The molecular weight excluding hydrogens is 881 g/mol. The van der Waals surface area contributed by atoms with Gasteiger partial charge in [-0.05, 0) is 114 Å². The smallest absolute Gasteiger partial charge is 0.262 e. The highest BCUT2D eigenvalue weighted by Crippen LogP contribution is 2.42. The minimum atomic E-state index is -4.39. The van der Waals surface area contributed by atoms with Crippen molar-refractivity contribution in [3.63, 3.8) is 0 Å². The molecule has 0 saturated carbocycles. The number of aryl methyl sites for hydroxylation is 4. The minimum Gasteiger partial charge on any atom is -0.493 e. The van der Waals surface area contributed by atoms with Crippen molar-refractivity contribution in [2.75, 3.05) is 4.31 Å². The summed E-state index contributed by atoms with van der Waals surface area (Å²) in [5.41, 5.74) is 2.92. The number of azo groups is 2. The molecule has 4 N–H and O–H groups in total. The number of aromatic hydroxyl groups is 2. The van der Waals surface area contributed by atoms with Gasteiger partial charge in [0.25, 0.3) is 22.4 Å². The molecule has 66 heavy (non-hydrogen) atoms. The number of aromatic nitrogens is 2. The van der Waals surface area contributed by atoms with Crippen molar-refractivity contribution in [2.24, 2.45) is 20.5 Å². The monoisotopic (exact) mass is 934 g/mol. The van der Waals surface area contributed by atoms with Gasteiger partial charge in [0.1, 0.15) is 11.4 Å². The molecule has 4 aromatic carbocycles. The molecule has 0 radical (unpaired) electrons. The Kier molecular flexibility index (Phi) is 16.0. The molecule has 6 aromatic rings. The summed E-state index contributed by atoms with van der Waals surface area (Å²) in [7, 11) is -4.39. The van der Waals surface area contributed by atoms with Crippen molar-refractivity contribution in [3.05, 3.63) is 152 Å². The molecule has 0 aliphatic heterocycles. The predicted octanol–water partition coefficient (Wildman–Crippen LogP) is 9.84. The number of anilines is 1. The van der Waals surface area contributed by atoms with E-state index >= 15 is 0 Å². The highest BCUT2D eigenvalue weighted by atomic mass is 32.2. The normalized spacial score (nSPS) is 13.3. The number of pyridine rings is 2. The molecule has 0 spiro atoms. The zero-order valence-corrected chi connectivity index (χ0v) is 39.3. The van der Waals surface area contributed by atoms with E-state index in [0.717, 1.165) is 20.3 Å². The summed E-state index contributed by atoms with van der Waals surface area (Å²) in [6, 6.07) is 29.9. The molecule has 2 aromatic heterocycles. The average Bonchev–Trinajstić information content (AvgIpc) is 3.28. The highest BCUT2D eigenvalue weighted by molar-refractivity contribution is 7.89. The third-order valence-corrected chi connectivity index (χ3v) is 13.7. The summed E-state index contributed by atoms with van der Waals surface area (Å²) in [4.78, 5) is 24.8. The van der Waals surface area contributed by atoms with Gasteiger partial charge in [-0.1, -0.05) is 72.8 Å². The Morgan fingerprint density at radius 1 is 0.667 bits per heavy atom. The van der Waals surface area contributed by atoms with E-state index in [-0.39, 0.29) is 69.3 Å². The molecule has 6 rings (SSSR count). The first kappa shape index (κ1) is 48.8. The maximum Gasteiger partial charge on any atom is 0.262 e. The molecule has 18 heteroatoms. The van der Waals surface area contributed by atoms with Gasteiger partial charge >= 0.3 is 0 Å². The van der Waals surface area contributed by atoms with E-state index in [4.69, 9.17) is 0 Å². The van der Waals surface area contributed by atoms with E-state index in [1.165, 1.54) is 40.7 Å². The van der Waals surface area contributed by atoms with Crippen LogP contribution in [0, 0.1) is 13.8 Å². The standard InChI is InChI=1S/C48H54N8O8S2/c1-7-54-43(57)27-31(3)45(47(54)59)51-49-37-23-25-39(41(29-37)56(65(61)62)34(6)20-22-36-17-13-10-14-18-36)40-26-24-38(50-52-46-32(4)28-44(58)55(8-2)48(46)60)30-42(40)66(63,64)53-33(5)19-21-35-15-11-9-12-16-35/h9-18,23-30,33-34,53,59-60H,7-8,19-22H2,1-6H3,(H,61,62). The topological polar surface area (TPSA) is 221 Å². The van der Waals surface area contributed by atoms with Gasteiger partial charge in [0.05, 0.1) is 22.0 Å². The zero-order valence-electron chi connectivity index (χ0n) is 37.6. The molecule has 0 bridgehead atoms. The largest absolute Gasteiger partial charge is 0.493 e. The van der Waals surface area contributed by atoms with Crippen LogP contribution in [-0.2, 0) is 47.2 Å². The van der Waals surface area contributed by atoms with E-state index < -0.39 is 44.5 Å². The number of hydrogen-bond donors (Lipinski definition) is 4. The Morgan fingerprint density at radius 3 is 1.62 bits per heavy atom. The van der Waals surface area contributed by atoms with Gasteiger partial charge < -0.3 is 10.2 Å². The van der Waals surface area contributed by atoms with E-state index in [9.17, 15) is 37.0 Å². The first-order valence-corrected chi connectivity index (χ1v) is 24.1. The van der Waals surface area contributed by atoms with Crippen LogP contribution in [0.4, 0.5) is 28.4 Å². The Bertz CT molecular complexity index is 3010. The second kappa shape index (κ2) is 21.6. The lowest BCUT2D eigenvalue weighted by Gasteiger charge is -2.30. The molecule has 0 aliphatic rings. The van der Waals surface area contributed by atoms with Gasteiger partial charge in [-0.25, -0.2) is 17.3 Å². The number of hydrogen-bond acceptors (Lipinski definition) is 11. The lowest BCUT2D eigenvalue weighted by molar-refractivity contribution is 0.412. The van der Waals surface area contributed by atoms with Crippen LogP contribution in [0.5, 0.6) is 11.8 Å². The van der Waals surface area contributed by atoms with Gasteiger partial charge in [-0.2, -0.15) is 10.2 Å². The fourth-order valence-electron chi connectivity index (χ4n) is 7.59. The van der Waals surface area contributed by atoms with E-state index in [1.807, 2.05) is 60.7 Å². The molecule has 16 nitrogen and oxygen atoms in total. The second-order valence-electron chi connectivity index (χ2n) is 15.9.